The van der Waals surface area contributed by atoms with Gasteiger partial charge in [0.05, 0.1) is 12.8 Å². The van der Waals surface area contributed by atoms with E-state index >= 15 is 0 Å². The summed E-state index contributed by atoms with van der Waals surface area (Å²) in [7, 11) is 0. The number of para-hydroxylation sites is 1. The van der Waals surface area contributed by atoms with Crippen LogP contribution >= 0.6 is 0 Å². The number of nitrogens with one attached hydrogen (secondary N) is 1. The van der Waals surface area contributed by atoms with Gasteiger partial charge in [0, 0.05) is 23.6 Å². The number of aromatic nitrogens is 3. The number of benzene rings is 3. The number of fused-ring (bicyclic) bond motifs is 1. The first kappa shape index (κ1) is 19.6. The molecule has 0 spiro atoms. The van der Waals surface area contributed by atoms with E-state index in [9.17, 15) is 4.79 Å². The molecule has 1 N–H and O–H groups in total. The van der Waals surface area contributed by atoms with Crippen LogP contribution in [0.2, 0.25) is 0 Å². The van der Waals surface area contributed by atoms with Crippen molar-refractivity contribution in [3.05, 3.63) is 108 Å². The molecule has 3 aromatic carbocycles. The van der Waals surface area contributed by atoms with Gasteiger partial charge in [-0.1, -0.05) is 65.8 Å². The molecule has 156 valence electrons. The second kappa shape index (κ2) is 8.81. The number of nitrogens with zero attached hydrogens (tertiary/aromatic N) is 3. The van der Waals surface area contributed by atoms with Crippen LogP contribution in [0.1, 0.15) is 17.0 Å². The minimum Gasteiger partial charge on any atom is -0.339 e. The standard InChI is InChI=1S/C26H20N4O2/c31-24(16-20-9-5-8-18-6-1-3-10-22(18)20)28-23-11-4-2-7-21(23)17-25-29-26(30-32-25)19-12-14-27-15-13-19/h1-15H,16-17H2,(H,28,31). The fourth-order valence-electron chi connectivity index (χ4n) is 3.72. The van der Waals surface area contributed by atoms with E-state index in [0.29, 0.717) is 24.6 Å². The minimum absolute atomic E-state index is 0.0724. The highest BCUT2D eigenvalue weighted by Gasteiger charge is 2.13. The van der Waals surface area contributed by atoms with Crippen molar-refractivity contribution in [1.82, 2.24) is 15.1 Å². The third-order valence-electron chi connectivity index (χ3n) is 5.27. The Kier molecular flexibility index (Phi) is 5.41. The molecule has 0 radical (unpaired) electrons. The van der Waals surface area contributed by atoms with Crippen molar-refractivity contribution in [1.29, 1.82) is 0 Å². The van der Waals surface area contributed by atoms with E-state index in [-0.39, 0.29) is 5.91 Å². The molecule has 5 aromatic rings. The van der Waals surface area contributed by atoms with Gasteiger partial charge in [0.15, 0.2) is 0 Å². The van der Waals surface area contributed by atoms with E-state index in [1.807, 2.05) is 66.7 Å². The smallest absolute Gasteiger partial charge is 0.231 e. The van der Waals surface area contributed by atoms with Crippen molar-refractivity contribution in [3.8, 4) is 11.4 Å². The average Bonchev–Trinajstić information content (AvgIpc) is 3.30. The molecule has 0 fully saturated rings. The highest BCUT2D eigenvalue weighted by atomic mass is 16.5. The van der Waals surface area contributed by atoms with Crippen LogP contribution in [0.25, 0.3) is 22.2 Å². The zero-order valence-corrected chi connectivity index (χ0v) is 17.2. The van der Waals surface area contributed by atoms with E-state index < -0.39 is 0 Å². The highest BCUT2D eigenvalue weighted by molar-refractivity contribution is 5.96. The Morgan fingerprint density at radius 3 is 2.50 bits per heavy atom. The number of hydrogen-bond acceptors (Lipinski definition) is 5. The fourth-order valence-corrected chi connectivity index (χ4v) is 3.72. The van der Waals surface area contributed by atoms with Gasteiger partial charge in [0.2, 0.25) is 17.6 Å². The first-order chi connectivity index (χ1) is 15.8. The third kappa shape index (κ3) is 4.25. The minimum atomic E-state index is -0.0724. The Morgan fingerprint density at radius 2 is 1.59 bits per heavy atom. The molecule has 0 unspecified atom stereocenters. The number of hydrogen-bond donors (Lipinski definition) is 1. The van der Waals surface area contributed by atoms with E-state index in [1.54, 1.807) is 12.4 Å². The van der Waals surface area contributed by atoms with Crippen LogP contribution < -0.4 is 5.32 Å². The van der Waals surface area contributed by atoms with Crippen LogP contribution in [0.15, 0.2) is 95.8 Å². The summed E-state index contributed by atoms with van der Waals surface area (Å²) in [5.41, 5.74) is 3.48. The Labute approximate surface area is 184 Å². The van der Waals surface area contributed by atoms with Crippen LogP contribution in [0.4, 0.5) is 5.69 Å². The summed E-state index contributed by atoms with van der Waals surface area (Å²) in [5, 5.41) is 9.32. The number of carbonyl (C=O) groups is 1. The van der Waals surface area contributed by atoms with Crippen molar-refractivity contribution < 1.29 is 9.32 Å². The normalized spacial score (nSPS) is 10.9. The van der Waals surface area contributed by atoms with E-state index in [1.165, 1.54) is 0 Å². The number of anilines is 1. The van der Waals surface area contributed by atoms with Crippen molar-refractivity contribution in [3.63, 3.8) is 0 Å². The van der Waals surface area contributed by atoms with Gasteiger partial charge in [-0.3, -0.25) is 9.78 Å². The van der Waals surface area contributed by atoms with Crippen LogP contribution in [-0.4, -0.2) is 21.0 Å². The van der Waals surface area contributed by atoms with Gasteiger partial charge in [0.1, 0.15) is 0 Å². The second-order valence-electron chi connectivity index (χ2n) is 7.44. The Bertz CT molecular complexity index is 1370. The average molecular weight is 420 g/mol. The molecule has 0 saturated heterocycles. The van der Waals surface area contributed by atoms with Crippen molar-refractivity contribution in [2.75, 3.05) is 5.32 Å². The third-order valence-corrected chi connectivity index (χ3v) is 5.27. The van der Waals surface area contributed by atoms with E-state index in [2.05, 4.69) is 32.6 Å². The molecule has 0 atom stereocenters. The van der Waals surface area contributed by atoms with Crippen molar-refractivity contribution in [2.24, 2.45) is 0 Å². The predicted octanol–water partition coefficient (Wildman–Crippen LogP) is 5.06. The maximum absolute atomic E-state index is 12.9. The molecule has 2 aromatic heterocycles. The monoisotopic (exact) mass is 420 g/mol. The van der Waals surface area contributed by atoms with Crippen LogP contribution in [0, 0.1) is 0 Å². The van der Waals surface area contributed by atoms with Crippen LogP contribution in [-0.2, 0) is 17.6 Å². The lowest BCUT2D eigenvalue weighted by atomic mass is 10.0. The van der Waals surface area contributed by atoms with Crippen LogP contribution in [0.3, 0.4) is 0 Å². The molecule has 6 heteroatoms. The molecule has 0 bridgehead atoms. The quantitative estimate of drug-likeness (QED) is 0.415. The van der Waals surface area contributed by atoms with Gasteiger partial charge in [-0.2, -0.15) is 4.98 Å². The van der Waals surface area contributed by atoms with Gasteiger partial charge < -0.3 is 9.84 Å². The zero-order chi connectivity index (χ0) is 21.8. The van der Waals surface area contributed by atoms with Gasteiger partial charge in [-0.25, -0.2) is 0 Å². The molecule has 32 heavy (non-hydrogen) atoms. The molecule has 2 heterocycles. The lowest BCUT2D eigenvalue weighted by molar-refractivity contribution is -0.115. The molecule has 6 nitrogen and oxygen atoms in total. The summed E-state index contributed by atoms with van der Waals surface area (Å²) in [6.45, 7) is 0. The second-order valence-corrected chi connectivity index (χ2v) is 7.44. The molecule has 0 aliphatic rings. The maximum Gasteiger partial charge on any atom is 0.231 e. The highest BCUT2D eigenvalue weighted by Crippen LogP contribution is 2.22. The van der Waals surface area contributed by atoms with Gasteiger partial charge in [-0.05, 0) is 40.1 Å². The molecule has 1 amide bonds. The maximum atomic E-state index is 12.9. The summed E-state index contributed by atoms with van der Waals surface area (Å²) >= 11 is 0. The topological polar surface area (TPSA) is 80.9 Å². The number of rotatable bonds is 6. The molecule has 5 rings (SSSR count). The number of amides is 1. The van der Waals surface area contributed by atoms with Crippen molar-refractivity contribution >= 4 is 22.4 Å². The van der Waals surface area contributed by atoms with Gasteiger partial charge >= 0.3 is 0 Å². The molecule has 0 aliphatic heterocycles. The molecule has 0 saturated carbocycles. The Morgan fingerprint density at radius 1 is 0.844 bits per heavy atom. The largest absolute Gasteiger partial charge is 0.339 e. The molecular weight excluding hydrogens is 400 g/mol. The first-order valence-corrected chi connectivity index (χ1v) is 10.3. The Hall–Kier alpha value is -4.32. The predicted molar refractivity (Wildman–Crippen MR) is 123 cm³/mol. The number of carbonyl (C=O) groups excluding carboxylic acids is 1. The Balaban J connectivity index is 1.33. The summed E-state index contributed by atoms with van der Waals surface area (Å²) in [4.78, 5) is 21.3. The first-order valence-electron chi connectivity index (χ1n) is 10.3. The number of pyridine rings is 1. The zero-order valence-electron chi connectivity index (χ0n) is 17.2. The lowest BCUT2D eigenvalue weighted by Crippen LogP contribution is -2.16. The van der Waals surface area contributed by atoms with Gasteiger partial charge in [0.25, 0.3) is 0 Å². The van der Waals surface area contributed by atoms with Crippen LogP contribution in [0.5, 0.6) is 0 Å². The lowest BCUT2D eigenvalue weighted by Gasteiger charge is -2.11. The summed E-state index contributed by atoms with van der Waals surface area (Å²) in [6.07, 6.45) is 4.09. The van der Waals surface area contributed by atoms with E-state index in [0.717, 1.165) is 33.2 Å². The van der Waals surface area contributed by atoms with Crippen molar-refractivity contribution in [2.45, 2.75) is 12.8 Å². The summed E-state index contributed by atoms with van der Waals surface area (Å²) < 4.78 is 5.43. The summed E-state index contributed by atoms with van der Waals surface area (Å²) in [6, 6.07) is 25.4. The fraction of sp³-hybridized carbons (Fsp3) is 0.0769. The molecule has 0 aliphatic carbocycles. The molecular formula is C26H20N4O2. The summed E-state index contributed by atoms with van der Waals surface area (Å²) in [5.74, 6) is 0.921. The van der Waals surface area contributed by atoms with Gasteiger partial charge in [-0.15, -0.1) is 0 Å². The SMILES string of the molecule is O=C(Cc1cccc2ccccc12)Nc1ccccc1Cc1nc(-c2ccncc2)no1. The van der Waals surface area contributed by atoms with E-state index in [4.69, 9.17) is 4.52 Å².